The number of nitriles is 1. The lowest BCUT2D eigenvalue weighted by molar-refractivity contribution is 0.0915. The fraction of sp³-hybridized carbons (Fsp3) is 0.385. The van der Waals surface area contributed by atoms with Crippen LogP contribution in [0.1, 0.15) is 37.0 Å². The van der Waals surface area contributed by atoms with Gasteiger partial charge in [-0.2, -0.15) is 5.26 Å². The maximum atomic E-state index is 12.0. The predicted molar refractivity (Wildman–Crippen MR) is 67.8 cm³/mol. The molecule has 4 heteroatoms. The van der Waals surface area contributed by atoms with E-state index in [1.54, 1.807) is 24.3 Å². The predicted octanol–water partition coefficient (Wildman–Crippen LogP) is 3.15. The van der Waals surface area contributed by atoms with E-state index in [0.717, 1.165) is 0 Å². The van der Waals surface area contributed by atoms with Crippen molar-refractivity contribution in [2.45, 2.75) is 32.2 Å². The second-order valence-corrected chi connectivity index (χ2v) is 4.30. The molecule has 3 nitrogen and oxygen atoms in total. The molecule has 1 N–H and O–H groups in total. The van der Waals surface area contributed by atoms with Crippen molar-refractivity contribution < 1.29 is 4.79 Å². The van der Waals surface area contributed by atoms with Crippen LogP contribution in [0.25, 0.3) is 0 Å². The highest BCUT2D eigenvalue weighted by molar-refractivity contribution is 6.30. The third kappa shape index (κ3) is 3.21. The maximum absolute atomic E-state index is 12.0. The number of hydrogen-bond acceptors (Lipinski definition) is 2. The smallest absolute Gasteiger partial charge is 0.252 e. The van der Waals surface area contributed by atoms with Crippen LogP contribution in [0, 0.1) is 11.3 Å². The number of amides is 1. The number of hydrogen-bond donors (Lipinski definition) is 1. The van der Waals surface area contributed by atoms with Gasteiger partial charge in [-0.3, -0.25) is 4.79 Å². The number of nitrogens with one attached hydrogen (secondary N) is 1. The summed E-state index contributed by atoms with van der Waals surface area (Å²) in [7, 11) is 0. The summed E-state index contributed by atoms with van der Waals surface area (Å²) in [6.45, 7) is 3.76. The Morgan fingerprint density at radius 3 is 2.59 bits per heavy atom. The average molecular weight is 251 g/mol. The highest BCUT2D eigenvalue weighted by atomic mass is 35.5. The Morgan fingerprint density at radius 2 is 2.12 bits per heavy atom. The fourth-order valence-electron chi connectivity index (χ4n) is 1.53. The number of nitrogens with zero attached hydrogens (tertiary/aromatic N) is 1. The minimum atomic E-state index is -0.792. The third-order valence-corrected chi connectivity index (χ3v) is 3.10. The Bertz CT molecular complexity index is 447. The van der Waals surface area contributed by atoms with Crippen molar-refractivity contribution in [3.63, 3.8) is 0 Å². The van der Waals surface area contributed by atoms with Crippen LogP contribution in [0.5, 0.6) is 0 Å². The topological polar surface area (TPSA) is 52.9 Å². The lowest BCUT2D eigenvalue weighted by Gasteiger charge is -2.24. The van der Waals surface area contributed by atoms with Gasteiger partial charge in [0.25, 0.3) is 5.91 Å². The summed E-state index contributed by atoms with van der Waals surface area (Å²) in [5.74, 6) is -0.266. The highest BCUT2D eigenvalue weighted by Gasteiger charge is 2.28. The van der Waals surface area contributed by atoms with Crippen LogP contribution >= 0.6 is 11.6 Å². The number of rotatable bonds is 4. The first-order chi connectivity index (χ1) is 8.06. The van der Waals surface area contributed by atoms with Crippen LogP contribution in [0.3, 0.4) is 0 Å². The normalized spacial score (nSPS) is 10.7. The molecule has 0 unspecified atom stereocenters. The molecule has 1 rings (SSSR count). The van der Waals surface area contributed by atoms with Gasteiger partial charge in [0.2, 0.25) is 0 Å². The molecule has 0 spiro atoms. The quantitative estimate of drug-likeness (QED) is 0.893. The first kappa shape index (κ1) is 13.5. The van der Waals surface area contributed by atoms with Crippen molar-refractivity contribution in [3.05, 3.63) is 34.9 Å². The highest BCUT2D eigenvalue weighted by Crippen LogP contribution is 2.16. The van der Waals surface area contributed by atoms with Gasteiger partial charge in [-0.05, 0) is 31.0 Å². The van der Waals surface area contributed by atoms with Crippen LogP contribution in [0.15, 0.2) is 24.3 Å². The van der Waals surface area contributed by atoms with E-state index in [-0.39, 0.29) is 5.91 Å². The summed E-state index contributed by atoms with van der Waals surface area (Å²) in [5, 5.41) is 12.4. The first-order valence-corrected chi connectivity index (χ1v) is 5.94. The summed E-state index contributed by atoms with van der Waals surface area (Å²) < 4.78 is 0. The number of halogens is 1. The number of carbonyl (C=O) groups is 1. The van der Waals surface area contributed by atoms with Crippen LogP contribution in [0.2, 0.25) is 5.02 Å². The Kier molecular flexibility index (Phi) is 4.53. The van der Waals surface area contributed by atoms with E-state index in [9.17, 15) is 4.79 Å². The molecule has 0 radical (unpaired) electrons. The molecule has 0 heterocycles. The third-order valence-electron chi connectivity index (χ3n) is 2.86. The molecule has 0 atom stereocenters. The summed E-state index contributed by atoms with van der Waals surface area (Å²) >= 11 is 5.82. The molecule has 0 aliphatic rings. The van der Waals surface area contributed by atoms with E-state index in [2.05, 4.69) is 11.4 Å². The van der Waals surface area contributed by atoms with E-state index < -0.39 is 5.54 Å². The lowest BCUT2D eigenvalue weighted by atomic mass is 9.94. The molecule has 0 saturated carbocycles. The summed E-state index contributed by atoms with van der Waals surface area (Å²) in [4.78, 5) is 12.0. The molecule has 1 aromatic rings. The summed E-state index contributed by atoms with van der Waals surface area (Å²) in [5.41, 5.74) is -0.321. The Labute approximate surface area is 106 Å². The van der Waals surface area contributed by atoms with E-state index in [4.69, 9.17) is 16.9 Å². The minimum Gasteiger partial charge on any atom is -0.334 e. The molecular formula is C13H15ClN2O. The zero-order valence-electron chi connectivity index (χ0n) is 9.96. The Balaban J connectivity index is 2.89. The van der Waals surface area contributed by atoms with Crippen molar-refractivity contribution in [2.24, 2.45) is 0 Å². The zero-order chi connectivity index (χ0) is 12.9. The molecule has 0 aromatic heterocycles. The molecule has 0 bridgehead atoms. The molecule has 0 fully saturated rings. The van der Waals surface area contributed by atoms with Gasteiger partial charge in [0.1, 0.15) is 5.54 Å². The van der Waals surface area contributed by atoms with Crippen LogP contribution in [-0.4, -0.2) is 11.4 Å². The molecule has 17 heavy (non-hydrogen) atoms. The van der Waals surface area contributed by atoms with Gasteiger partial charge in [-0.25, -0.2) is 0 Å². The number of benzene rings is 1. The van der Waals surface area contributed by atoms with Gasteiger partial charge in [0.05, 0.1) is 6.07 Å². The van der Waals surface area contributed by atoms with Gasteiger partial charge in [0.15, 0.2) is 0 Å². The van der Waals surface area contributed by atoms with Crippen molar-refractivity contribution in [3.8, 4) is 6.07 Å². The molecule has 90 valence electrons. The fourth-order valence-corrected chi connectivity index (χ4v) is 1.72. The van der Waals surface area contributed by atoms with Gasteiger partial charge in [0, 0.05) is 10.6 Å². The maximum Gasteiger partial charge on any atom is 0.252 e. The van der Waals surface area contributed by atoms with Crippen molar-refractivity contribution >= 4 is 17.5 Å². The van der Waals surface area contributed by atoms with Crippen molar-refractivity contribution in [1.82, 2.24) is 5.32 Å². The summed E-state index contributed by atoms with van der Waals surface area (Å²) in [6, 6.07) is 8.84. The van der Waals surface area contributed by atoms with Gasteiger partial charge in [-0.15, -0.1) is 0 Å². The second kappa shape index (κ2) is 5.70. The van der Waals surface area contributed by atoms with Gasteiger partial charge in [-0.1, -0.05) is 31.5 Å². The van der Waals surface area contributed by atoms with E-state index >= 15 is 0 Å². The van der Waals surface area contributed by atoms with Crippen molar-refractivity contribution in [1.29, 1.82) is 5.26 Å². The number of carbonyl (C=O) groups excluding carboxylic acids is 1. The van der Waals surface area contributed by atoms with Crippen LogP contribution in [-0.2, 0) is 0 Å². The summed E-state index contributed by atoms with van der Waals surface area (Å²) in [6.07, 6.45) is 1.15. The Hall–Kier alpha value is -1.53. The van der Waals surface area contributed by atoms with Crippen molar-refractivity contribution in [2.75, 3.05) is 0 Å². The first-order valence-electron chi connectivity index (χ1n) is 5.56. The second-order valence-electron chi connectivity index (χ2n) is 3.87. The van der Waals surface area contributed by atoms with Gasteiger partial charge < -0.3 is 5.32 Å². The zero-order valence-corrected chi connectivity index (χ0v) is 10.7. The molecule has 1 aromatic carbocycles. The largest absolute Gasteiger partial charge is 0.334 e. The van der Waals surface area contributed by atoms with Crippen LogP contribution in [0.4, 0.5) is 0 Å². The standard InChI is InChI=1S/C13H15ClN2O/c1-3-13(4-2,9-15)16-12(17)10-6-5-7-11(14)8-10/h5-8H,3-4H2,1-2H3,(H,16,17). The van der Waals surface area contributed by atoms with E-state index in [0.29, 0.717) is 23.4 Å². The molecule has 1 amide bonds. The average Bonchev–Trinajstić information content (AvgIpc) is 2.36. The van der Waals surface area contributed by atoms with E-state index in [1.165, 1.54) is 0 Å². The van der Waals surface area contributed by atoms with Crippen LogP contribution < -0.4 is 5.32 Å². The Morgan fingerprint density at radius 1 is 1.47 bits per heavy atom. The minimum absolute atomic E-state index is 0.266. The molecule has 0 aliphatic carbocycles. The molecular weight excluding hydrogens is 236 g/mol. The molecule has 0 aliphatic heterocycles. The monoisotopic (exact) mass is 250 g/mol. The SMILES string of the molecule is CCC(C#N)(CC)NC(=O)c1cccc(Cl)c1. The van der Waals surface area contributed by atoms with E-state index in [1.807, 2.05) is 13.8 Å². The molecule has 0 saturated heterocycles. The van der Waals surface area contributed by atoms with Gasteiger partial charge >= 0.3 is 0 Å². The lowest BCUT2D eigenvalue weighted by Crippen LogP contribution is -2.46.